The first kappa shape index (κ1) is 18.0. The number of amides is 1. The number of likely N-dealkylation sites (N-methyl/N-ethyl adjacent to an activating group) is 1. The molecule has 0 saturated carbocycles. The lowest BCUT2D eigenvalue weighted by molar-refractivity contribution is -0.133. The minimum atomic E-state index is -0.666. The zero-order valence-corrected chi connectivity index (χ0v) is 15.5. The molecule has 8 heteroatoms. The molecule has 0 spiro atoms. The van der Waals surface area contributed by atoms with E-state index in [9.17, 15) is 4.79 Å². The van der Waals surface area contributed by atoms with Crippen LogP contribution in [-0.2, 0) is 16.1 Å². The summed E-state index contributed by atoms with van der Waals surface area (Å²) in [5.74, 6) is 12.0. The SMILES string of the molecule is CN(N)/C(CN1Cc2ccccc2C2OC(c3ccccc3)=NC2C1=O)=N\N. The van der Waals surface area contributed by atoms with Crippen molar-refractivity contribution in [3.05, 3.63) is 71.3 Å². The highest BCUT2D eigenvalue weighted by molar-refractivity contribution is 6.00. The monoisotopic (exact) mass is 378 g/mol. The maximum Gasteiger partial charge on any atom is 0.252 e. The first-order chi connectivity index (χ1) is 13.6. The fraction of sp³-hybridized carbons (Fsp3) is 0.250. The molecular formula is C20H22N6O2. The van der Waals surface area contributed by atoms with Gasteiger partial charge in [0.25, 0.3) is 5.91 Å². The van der Waals surface area contributed by atoms with Gasteiger partial charge in [-0.1, -0.05) is 42.5 Å². The molecule has 144 valence electrons. The van der Waals surface area contributed by atoms with Crippen molar-refractivity contribution in [2.24, 2.45) is 21.8 Å². The van der Waals surface area contributed by atoms with Gasteiger partial charge in [0.1, 0.15) is 0 Å². The largest absolute Gasteiger partial charge is 0.466 e. The molecule has 2 unspecified atom stereocenters. The minimum absolute atomic E-state index is 0.143. The Morgan fingerprint density at radius 1 is 1.25 bits per heavy atom. The van der Waals surface area contributed by atoms with Gasteiger partial charge in [-0.15, -0.1) is 0 Å². The number of nitrogens with zero attached hydrogens (tertiary/aromatic N) is 4. The lowest BCUT2D eigenvalue weighted by Crippen LogP contribution is -2.46. The summed E-state index contributed by atoms with van der Waals surface area (Å²) in [6, 6.07) is 16.8. The zero-order valence-electron chi connectivity index (χ0n) is 15.5. The third kappa shape index (κ3) is 3.18. The molecule has 28 heavy (non-hydrogen) atoms. The molecular weight excluding hydrogens is 356 g/mol. The highest BCUT2D eigenvalue weighted by atomic mass is 16.5. The van der Waals surface area contributed by atoms with Crippen LogP contribution in [0.25, 0.3) is 0 Å². The van der Waals surface area contributed by atoms with E-state index in [4.69, 9.17) is 16.4 Å². The molecule has 2 aliphatic rings. The third-order valence-electron chi connectivity index (χ3n) is 4.98. The Bertz CT molecular complexity index is 941. The molecule has 2 aromatic rings. The first-order valence-electron chi connectivity index (χ1n) is 9.00. The summed E-state index contributed by atoms with van der Waals surface area (Å²) in [4.78, 5) is 19.6. The number of benzene rings is 2. The van der Waals surface area contributed by atoms with Crippen LogP contribution in [0.2, 0.25) is 0 Å². The maximum atomic E-state index is 13.3. The number of carbonyl (C=O) groups is 1. The van der Waals surface area contributed by atoms with Crippen LogP contribution in [0.5, 0.6) is 0 Å². The molecule has 4 rings (SSSR count). The van der Waals surface area contributed by atoms with Crippen molar-refractivity contribution in [1.29, 1.82) is 0 Å². The van der Waals surface area contributed by atoms with Gasteiger partial charge in [-0.3, -0.25) is 9.80 Å². The number of aliphatic imine (C=N–C) groups is 1. The second-order valence-electron chi connectivity index (χ2n) is 6.83. The van der Waals surface area contributed by atoms with E-state index in [1.165, 1.54) is 5.01 Å². The van der Waals surface area contributed by atoms with Gasteiger partial charge < -0.3 is 15.5 Å². The number of rotatable bonds is 3. The van der Waals surface area contributed by atoms with Gasteiger partial charge >= 0.3 is 0 Å². The highest BCUT2D eigenvalue weighted by Crippen LogP contribution is 2.37. The number of nitrogens with two attached hydrogens (primary N) is 2. The molecule has 0 saturated heterocycles. The average molecular weight is 378 g/mol. The number of hydrogen-bond acceptors (Lipinski definition) is 6. The molecule has 1 amide bonds. The molecule has 2 atom stereocenters. The summed E-state index contributed by atoms with van der Waals surface area (Å²) in [5, 5.41) is 5.02. The Balaban J connectivity index is 1.73. The Hall–Kier alpha value is -3.39. The molecule has 0 fully saturated rings. The smallest absolute Gasteiger partial charge is 0.252 e. The quantitative estimate of drug-likeness (QED) is 0.358. The predicted octanol–water partition coefficient (Wildman–Crippen LogP) is 0.993. The Kier molecular flexibility index (Phi) is 4.70. The van der Waals surface area contributed by atoms with Gasteiger partial charge in [0.05, 0.1) is 6.54 Å². The Labute approximate surface area is 163 Å². The zero-order chi connectivity index (χ0) is 19.7. The van der Waals surface area contributed by atoms with E-state index in [1.54, 1.807) is 11.9 Å². The van der Waals surface area contributed by atoms with Gasteiger partial charge in [-0.05, 0) is 17.7 Å². The fourth-order valence-electron chi connectivity index (χ4n) is 3.53. The Morgan fingerprint density at radius 2 is 1.96 bits per heavy atom. The lowest BCUT2D eigenvalue weighted by atomic mass is 9.99. The summed E-state index contributed by atoms with van der Waals surface area (Å²) in [6.45, 7) is 0.602. The van der Waals surface area contributed by atoms with Crippen LogP contribution in [0, 0.1) is 0 Å². The molecule has 8 nitrogen and oxygen atoms in total. The number of amidine groups is 1. The number of hydrazone groups is 1. The van der Waals surface area contributed by atoms with Crippen molar-refractivity contribution in [2.45, 2.75) is 18.7 Å². The van der Waals surface area contributed by atoms with Gasteiger partial charge in [0, 0.05) is 24.7 Å². The molecule has 2 aliphatic heterocycles. The van der Waals surface area contributed by atoms with Crippen LogP contribution < -0.4 is 11.7 Å². The molecule has 0 bridgehead atoms. The molecule has 0 aromatic heterocycles. The molecule has 0 radical (unpaired) electrons. The Morgan fingerprint density at radius 3 is 2.68 bits per heavy atom. The van der Waals surface area contributed by atoms with Crippen molar-refractivity contribution < 1.29 is 9.53 Å². The van der Waals surface area contributed by atoms with E-state index >= 15 is 0 Å². The summed E-state index contributed by atoms with van der Waals surface area (Å²) in [7, 11) is 1.63. The minimum Gasteiger partial charge on any atom is -0.466 e. The third-order valence-corrected chi connectivity index (χ3v) is 4.98. The molecule has 2 heterocycles. The predicted molar refractivity (Wildman–Crippen MR) is 106 cm³/mol. The van der Waals surface area contributed by atoms with Crippen molar-refractivity contribution in [1.82, 2.24) is 9.91 Å². The van der Waals surface area contributed by atoms with Gasteiger partial charge in [0.15, 0.2) is 18.0 Å². The van der Waals surface area contributed by atoms with Crippen LogP contribution in [0.1, 0.15) is 22.8 Å². The van der Waals surface area contributed by atoms with Crippen LogP contribution in [-0.4, -0.2) is 47.2 Å². The first-order valence-corrected chi connectivity index (χ1v) is 9.00. The van der Waals surface area contributed by atoms with E-state index in [0.29, 0.717) is 18.3 Å². The number of ether oxygens (including phenoxy) is 1. The topological polar surface area (TPSA) is 110 Å². The van der Waals surface area contributed by atoms with Crippen molar-refractivity contribution in [2.75, 3.05) is 13.6 Å². The van der Waals surface area contributed by atoms with Crippen LogP contribution in [0.4, 0.5) is 0 Å². The summed E-state index contributed by atoms with van der Waals surface area (Å²) in [6.07, 6.45) is -0.460. The van der Waals surface area contributed by atoms with Gasteiger partial charge in [0.2, 0.25) is 5.90 Å². The van der Waals surface area contributed by atoms with Gasteiger partial charge in [-0.25, -0.2) is 10.8 Å². The summed E-state index contributed by atoms with van der Waals surface area (Å²) < 4.78 is 6.17. The van der Waals surface area contributed by atoms with E-state index < -0.39 is 12.1 Å². The van der Waals surface area contributed by atoms with E-state index in [-0.39, 0.29) is 12.5 Å². The van der Waals surface area contributed by atoms with E-state index in [1.807, 2.05) is 54.6 Å². The molecule has 0 aliphatic carbocycles. The van der Waals surface area contributed by atoms with Gasteiger partial charge in [-0.2, -0.15) is 5.10 Å². The number of hydrogen-bond donors (Lipinski definition) is 2. The second kappa shape index (κ2) is 7.32. The average Bonchev–Trinajstić information content (AvgIpc) is 3.12. The van der Waals surface area contributed by atoms with Crippen molar-refractivity contribution >= 4 is 17.6 Å². The number of carbonyl (C=O) groups excluding carboxylic acids is 1. The lowest BCUT2D eigenvalue weighted by Gasteiger charge is -2.25. The standard InChI is InChI=1S/C20H22N6O2/c1-25(22)16(24-21)12-26-11-14-9-5-6-10-15(14)18-17(20(26)27)23-19(28-18)13-7-3-2-4-8-13/h2-10,17-18H,11-12,21-22H2,1H3/b24-16-. The number of fused-ring (bicyclic) bond motifs is 3. The maximum absolute atomic E-state index is 13.3. The number of hydrazine groups is 1. The van der Waals surface area contributed by atoms with Crippen LogP contribution in [0.15, 0.2) is 64.7 Å². The van der Waals surface area contributed by atoms with Crippen molar-refractivity contribution in [3.8, 4) is 0 Å². The van der Waals surface area contributed by atoms with Crippen LogP contribution >= 0.6 is 0 Å². The highest BCUT2D eigenvalue weighted by Gasteiger charge is 2.43. The molecule has 4 N–H and O–H groups in total. The second-order valence-corrected chi connectivity index (χ2v) is 6.83. The fourth-order valence-corrected chi connectivity index (χ4v) is 3.53. The summed E-state index contributed by atoms with van der Waals surface area (Å²) in [5.41, 5.74) is 2.81. The normalized spacial score (nSPS) is 21.4. The van der Waals surface area contributed by atoms with E-state index in [0.717, 1.165) is 16.7 Å². The van der Waals surface area contributed by atoms with Crippen molar-refractivity contribution in [3.63, 3.8) is 0 Å². The summed E-state index contributed by atoms with van der Waals surface area (Å²) >= 11 is 0. The molecule has 2 aromatic carbocycles. The van der Waals surface area contributed by atoms with Crippen LogP contribution in [0.3, 0.4) is 0 Å². The van der Waals surface area contributed by atoms with E-state index in [2.05, 4.69) is 10.1 Å².